The highest BCUT2D eigenvalue weighted by Crippen LogP contribution is 2.17. The molecule has 0 N–H and O–H groups in total. The lowest BCUT2D eigenvalue weighted by atomic mass is 10.2. The summed E-state index contributed by atoms with van der Waals surface area (Å²) in [4.78, 5) is 28.2. The van der Waals surface area contributed by atoms with E-state index >= 15 is 0 Å². The molecule has 0 amide bonds. The van der Waals surface area contributed by atoms with Gasteiger partial charge in [-0.3, -0.25) is 4.90 Å². The maximum Gasteiger partial charge on any atom is 0.361 e. The van der Waals surface area contributed by atoms with Crippen LogP contribution in [-0.4, -0.2) is 78.8 Å². The number of piperazine rings is 1. The van der Waals surface area contributed by atoms with Gasteiger partial charge in [-0.15, -0.1) is 5.10 Å². The van der Waals surface area contributed by atoms with E-state index < -0.39 is 11.9 Å². The molecule has 0 aliphatic carbocycles. The van der Waals surface area contributed by atoms with Crippen molar-refractivity contribution in [1.29, 1.82) is 0 Å². The van der Waals surface area contributed by atoms with Crippen LogP contribution in [0.15, 0.2) is 24.3 Å². The monoisotopic (exact) mass is 391 g/mol. The van der Waals surface area contributed by atoms with Gasteiger partial charge in [0, 0.05) is 38.4 Å². The average molecular weight is 391 g/mol. The van der Waals surface area contributed by atoms with Gasteiger partial charge in [-0.2, -0.15) is 0 Å². The highest BCUT2D eigenvalue weighted by Gasteiger charge is 2.27. The lowest BCUT2D eigenvalue weighted by Crippen LogP contribution is -2.47. The predicted octanol–water partition coefficient (Wildman–Crippen LogP) is 0.813. The maximum absolute atomic E-state index is 13.1. The zero-order valence-electron chi connectivity index (χ0n) is 15.8. The largest absolute Gasteiger partial charge is 0.464 e. The normalized spacial score (nSPS) is 14.8. The Morgan fingerprint density at radius 2 is 1.64 bits per heavy atom. The van der Waals surface area contributed by atoms with Crippen molar-refractivity contribution < 1.29 is 23.5 Å². The molecule has 0 bridgehead atoms. The Morgan fingerprint density at radius 3 is 2.25 bits per heavy atom. The van der Waals surface area contributed by atoms with Crippen LogP contribution in [0.4, 0.5) is 10.1 Å². The maximum atomic E-state index is 13.1. The zero-order valence-corrected chi connectivity index (χ0v) is 15.8. The first kappa shape index (κ1) is 19.7. The third kappa shape index (κ3) is 4.28. The van der Waals surface area contributed by atoms with Gasteiger partial charge in [0.25, 0.3) is 0 Å². The van der Waals surface area contributed by atoms with Crippen molar-refractivity contribution in [2.24, 2.45) is 0 Å². The van der Waals surface area contributed by atoms with Crippen molar-refractivity contribution in [2.75, 3.05) is 51.8 Å². The van der Waals surface area contributed by atoms with Gasteiger partial charge in [-0.1, -0.05) is 5.21 Å². The molecule has 1 aromatic heterocycles. The second kappa shape index (κ2) is 8.79. The van der Waals surface area contributed by atoms with E-state index in [2.05, 4.69) is 24.8 Å². The number of anilines is 1. The third-order valence-electron chi connectivity index (χ3n) is 4.68. The van der Waals surface area contributed by atoms with Gasteiger partial charge in [0.15, 0.2) is 5.69 Å². The Bertz CT molecular complexity index is 831. The molecule has 2 aromatic rings. The fraction of sp³-hybridized carbons (Fsp3) is 0.444. The number of methoxy groups -OCH3 is 2. The second-order valence-corrected chi connectivity index (χ2v) is 6.30. The Kier molecular flexibility index (Phi) is 6.19. The van der Waals surface area contributed by atoms with Gasteiger partial charge >= 0.3 is 11.9 Å². The zero-order chi connectivity index (χ0) is 20.1. The number of aromatic nitrogens is 3. The summed E-state index contributed by atoms with van der Waals surface area (Å²) in [6.07, 6.45) is 0. The van der Waals surface area contributed by atoms with Gasteiger partial charge < -0.3 is 14.4 Å². The van der Waals surface area contributed by atoms with Crippen molar-refractivity contribution in [1.82, 2.24) is 19.9 Å². The van der Waals surface area contributed by atoms with Gasteiger partial charge in [-0.05, 0) is 24.3 Å². The SMILES string of the molecule is COC(=O)c1nnn(CCN2CCN(c3ccc(F)cc3)CC2)c1C(=O)OC. The number of rotatable bonds is 6. The molecule has 2 heterocycles. The Hall–Kier alpha value is -3.01. The molecular formula is C18H22FN5O4. The van der Waals surface area contributed by atoms with Crippen molar-refractivity contribution in [3.63, 3.8) is 0 Å². The van der Waals surface area contributed by atoms with Gasteiger partial charge in [0.1, 0.15) is 5.82 Å². The molecule has 0 unspecified atom stereocenters. The first-order valence-corrected chi connectivity index (χ1v) is 8.86. The Balaban J connectivity index is 1.59. The van der Waals surface area contributed by atoms with E-state index in [0.717, 1.165) is 31.9 Å². The number of carbonyl (C=O) groups is 2. The minimum absolute atomic E-state index is 0.0145. The number of hydrogen-bond acceptors (Lipinski definition) is 8. The van der Waals surface area contributed by atoms with Gasteiger partial charge in [-0.25, -0.2) is 18.7 Å². The molecule has 0 atom stereocenters. The lowest BCUT2D eigenvalue weighted by Gasteiger charge is -2.36. The summed E-state index contributed by atoms with van der Waals surface area (Å²) in [5, 5.41) is 7.66. The van der Waals surface area contributed by atoms with Crippen LogP contribution in [-0.2, 0) is 16.0 Å². The first-order valence-electron chi connectivity index (χ1n) is 8.86. The minimum Gasteiger partial charge on any atom is -0.464 e. The van der Waals surface area contributed by atoms with Crippen LogP contribution in [0.5, 0.6) is 0 Å². The Morgan fingerprint density at radius 1 is 1.00 bits per heavy atom. The van der Waals surface area contributed by atoms with Gasteiger partial charge in [0.2, 0.25) is 5.69 Å². The van der Waals surface area contributed by atoms with Crippen LogP contribution in [0.3, 0.4) is 0 Å². The number of benzene rings is 1. The minimum atomic E-state index is -0.737. The molecule has 1 aliphatic heterocycles. The smallest absolute Gasteiger partial charge is 0.361 e. The summed E-state index contributed by atoms with van der Waals surface area (Å²) < 4.78 is 23.8. The summed E-state index contributed by atoms with van der Waals surface area (Å²) in [5.74, 6) is -1.67. The van der Waals surface area contributed by atoms with E-state index in [-0.39, 0.29) is 17.2 Å². The van der Waals surface area contributed by atoms with Crippen LogP contribution < -0.4 is 4.90 Å². The molecule has 0 spiro atoms. The molecular weight excluding hydrogens is 369 g/mol. The molecule has 1 aromatic carbocycles. The molecule has 1 fully saturated rings. The number of halogens is 1. The van der Waals surface area contributed by atoms with E-state index in [1.807, 2.05) is 0 Å². The number of esters is 2. The van der Waals surface area contributed by atoms with Crippen LogP contribution in [0.1, 0.15) is 21.0 Å². The summed E-state index contributed by atoms with van der Waals surface area (Å²) in [7, 11) is 2.44. The molecule has 1 aliphatic rings. The summed E-state index contributed by atoms with van der Waals surface area (Å²) in [5.41, 5.74) is 0.822. The van der Waals surface area contributed by atoms with Crippen molar-refractivity contribution in [3.05, 3.63) is 41.5 Å². The third-order valence-corrected chi connectivity index (χ3v) is 4.68. The number of ether oxygens (including phenoxy) is 2. The average Bonchev–Trinajstić information content (AvgIpc) is 3.16. The number of carbonyl (C=O) groups excluding carboxylic acids is 2. The summed E-state index contributed by atoms with van der Waals surface area (Å²) in [6, 6.07) is 6.47. The Labute approximate surface area is 161 Å². The predicted molar refractivity (Wildman–Crippen MR) is 97.8 cm³/mol. The molecule has 28 heavy (non-hydrogen) atoms. The number of hydrogen-bond donors (Lipinski definition) is 0. The quantitative estimate of drug-likeness (QED) is 0.669. The van der Waals surface area contributed by atoms with Crippen LogP contribution >= 0.6 is 0 Å². The standard InChI is InChI=1S/C18H22FN5O4/c1-27-17(25)15-16(18(26)28-2)24(21-20-15)12-9-22-7-10-23(11-8-22)14-5-3-13(19)4-6-14/h3-6H,7-12H2,1-2H3. The lowest BCUT2D eigenvalue weighted by molar-refractivity contribution is 0.0542. The van der Waals surface area contributed by atoms with E-state index in [9.17, 15) is 14.0 Å². The topological polar surface area (TPSA) is 89.8 Å². The summed E-state index contributed by atoms with van der Waals surface area (Å²) >= 11 is 0. The van der Waals surface area contributed by atoms with Gasteiger partial charge in [0.05, 0.1) is 20.8 Å². The van der Waals surface area contributed by atoms with Crippen molar-refractivity contribution in [3.8, 4) is 0 Å². The van der Waals surface area contributed by atoms with E-state index in [1.165, 1.54) is 31.0 Å². The highest BCUT2D eigenvalue weighted by atomic mass is 19.1. The second-order valence-electron chi connectivity index (χ2n) is 6.30. The molecule has 0 saturated carbocycles. The molecule has 0 radical (unpaired) electrons. The molecule has 9 nitrogen and oxygen atoms in total. The first-order chi connectivity index (χ1) is 13.5. The fourth-order valence-electron chi connectivity index (χ4n) is 3.12. The van der Waals surface area contributed by atoms with E-state index in [1.54, 1.807) is 12.1 Å². The molecule has 150 valence electrons. The van der Waals surface area contributed by atoms with Crippen molar-refractivity contribution >= 4 is 17.6 Å². The summed E-state index contributed by atoms with van der Waals surface area (Å²) in [6.45, 7) is 4.24. The number of nitrogens with zero attached hydrogens (tertiary/aromatic N) is 5. The fourth-order valence-corrected chi connectivity index (χ4v) is 3.12. The highest BCUT2D eigenvalue weighted by molar-refractivity contribution is 6.00. The van der Waals surface area contributed by atoms with E-state index in [0.29, 0.717) is 13.1 Å². The van der Waals surface area contributed by atoms with Crippen LogP contribution in [0.2, 0.25) is 0 Å². The van der Waals surface area contributed by atoms with Crippen molar-refractivity contribution in [2.45, 2.75) is 6.54 Å². The van der Waals surface area contributed by atoms with Crippen LogP contribution in [0, 0.1) is 5.82 Å². The molecule has 3 rings (SSSR count). The van der Waals surface area contributed by atoms with E-state index in [4.69, 9.17) is 4.74 Å². The molecule has 1 saturated heterocycles. The van der Waals surface area contributed by atoms with Crippen LogP contribution in [0.25, 0.3) is 0 Å². The molecule has 10 heteroatoms.